The molecule has 0 bridgehead atoms. The summed E-state index contributed by atoms with van der Waals surface area (Å²) in [6, 6.07) is 23.2. The zero-order valence-electron chi connectivity index (χ0n) is 19.2. The van der Waals surface area contributed by atoms with Crippen LogP contribution in [-0.2, 0) is 24.1 Å². The molecule has 6 heteroatoms. The van der Waals surface area contributed by atoms with E-state index in [9.17, 15) is 9.59 Å². The van der Waals surface area contributed by atoms with Crippen molar-refractivity contribution < 1.29 is 9.59 Å². The highest BCUT2D eigenvalue weighted by molar-refractivity contribution is 5.98. The normalized spacial score (nSPS) is 12.6. The highest BCUT2D eigenvalue weighted by atomic mass is 16.2. The van der Waals surface area contributed by atoms with E-state index in [0.717, 1.165) is 36.1 Å². The molecule has 1 aliphatic rings. The summed E-state index contributed by atoms with van der Waals surface area (Å²) < 4.78 is 0. The topological polar surface area (TPSA) is 99.3 Å². The fourth-order valence-electron chi connectivity index (χ4n) is 4.30. The van der Waals surface area contributed by atoms with Crippen molar-refractivity contribution in [2.75, 3.05) is 18.0 Å². The summed E-state index contributed by atoms with van der Waals surface area (Å²) in [6.07, 6.45) is 3.56. The van der Waals surface area contributed by atoms with Gasteiger partial charge in [-0.05, 0) is 60.6 Å². The molecule has 0 aliphatic carbocycles. The minimum Gasteiger partial charge on any atom is -0.384 e. The lowest BCUT2D eigenvalue weighted by atomic mass is 9.98. The fraction of sp³-hybridized carbons (Fsp3) is 0.250. The van der Waals surface area contributed by atoms with E-state index in [4.69, 9.17) is 11.1 Å². The number of aryl methyl sites for hydroxylation is 2. The van der Waals surface area contributed by atoms with E-state index in [2.05, 4.69) is 17.4 Å². The van der Waals surface area contributed by atoms with Gasteiger partial charge in [-0.1, -0.05) is 54.6 Å². The van der Waals surface area contributed by atoms with Crippen LogP contribution < -0.4 is 16.0 Å². The summed E-state index contributed by atoms with van der Waals surface area (Å²) in [4.78, 5) is 27.5. The molecular weight excluding hydrogens is 424 g/mol. The van der Waals surface area contributed by atoms with E-state index in [1.54, 1.807) is 0 Å². The van der Waals surface area contributed by atoms with Gasteiger partial charge in [0.05, 0.1) is 0 Å². The molecule has 34 heavy (non-hydrogen) atoms. The zero-order valence-corrected chi connectivity index (χ0v) is 19.2. The Bertz CT molecular complexity index is 1170. The van der Waals surface area contributed by atoms with Gasteiger partial charge >= 0.3 is 0 Å². The lowest BCUT2D eigenvalue weighted by Crippen LogP contribution is -2.36. The molecule has 174 valence electrons. The molecule has 1 heterocycles. The second kappa shape index (κ2) is 10.8. The predicted molar refractivity (Wildman–Crippen MR) is 135 cm³/mol. The number of carbonyl (C=O) groups excluding carboxylic acids is 2. The number of nitrogens with one attached hydrogen (secondary N) is 2. The van der Waals surface area contributed by atoms with Gasteiger partial charge in [-0.3, -0.25) is 15.0 Å². The molecule has 3 aromatic carbocycles. The number of nitrogens with zero attached hydrogens (tertiary/aromatic N) is 1. The van der Waals surface area contributed by atoms with Gasteiger partial charge in [0, 0.05) is 36.3 Å². The number of nitrogen functional groups attached to an aromatic ring is 1. The Labute approximate surface area is 200 Å². The van der Waals surface area contributed by atoms with E-state index in [1.165, 1.54) is 5.56 Å². The number of hydrogen-bond donors (Lipinski definition) is 3. The molecule has 0 radical (unpaired) electrons. The quantitative estimate of drug-likeness (QED) is 0.356. The summed E-state index contributed by atoms with van der Waals surface area (Å²) >= 11 is 0. The predicted octanol–water partition coefficient (Wildman–Crippen LogP) is 3.86. The third-order valence-corrected chi connectivity index (χ3v) is 6.20. The summed E-state index contributed by atoms with van der Waals surface area (Å²) in [6.45, 7) is 1.27. The molecule has 1 aliphatic heterocycles. The van der Waals surface area contributed by atoms with Crippen molar-refractivity contribution in [1.82, 2.24) is 5.32 Å². The average Bonchev–Trinajstić information content (AvgIpc) is 2.87. The maximum Gasteiger partial charge on any atom is 0.251 e. The van der Waals surface area contributed by atoms with Gasteiger partial charge in [-0.25, -0.2) is 0 Å². The Hall–Kier alpha value is -3.93. The van der Waals surface area contributed by atoms with Crippen LogP contribution in [0, 0.1) is 5.41 Å². The minimum atomic E-state index is -0.0869. The second-order valence-corrected chi connectivity index (χ2v) is 8.59. The Balaban J connectivity index is 1.35. The number of nitrogens with two attached hydrogens (primary N) is 1. The Morgan fingerprint density at radius 2 is 1.62 bits per heavy atom. The van der Waals surface area contributed by atoms with Gasteiger partial charge in [0.1, 0.15) is 5.84 Å². The number of fused-ring (bicyclic) bond motifs is 1. The van der Waals surface area contributed by atoms with E-state index in [1.807, 2.05) is 65.6 Å². The first-order valence-electron chi connectivity index (χ1n) is 11.7. The number of hydrogen-bond acceptors (Lipinski definition) is 3. The van der Waals surface area contributed by atoms with Gasteiger partial charge < -0.3 is 16.0 Å². The van der Waals surface area contributed by atoms with Gasteiger partial charge in [-0.2, -0.15) is 0 Å². The maximum absolute atomic E-state index is 13.0. The second-order valence-electron chi connectivity index (χ2n) is 8.59. The lowest BCUT2D eigenvalue weighted by molar-refractivity contribution is -0.118. The third kappa shape index (κ3) is 5.70. The van der Waals surface area contributed by atoms with Crippen LogP contribution in [0.15, 0.2) is 72.8 Å². The number of carbonyl (C=O) groups is 2. The number of benzene rings is 3. The first-order valence-corrected chi connectivity index (χ1v) is 11.7. The van der Waals surface area contributed by atoms with E-state index >= 15 is 0 Å². The van der Waals surface area contributed by atoms with Gasteiger partial charge in [-0.15, -0.1) is 0 Å². The summed E-state index contributed by atoms with van der Waals surface area (Å²) in [7, 11) is 0. The van der Waals surface area contributed by atoms with Gasteiger partial charge in [0.2, 0.25) is 5.91 Å². The Morgan fingerprint density at radius 1 is 0.912 bits per heavy atom. The number of rotatable bonds is 8. The van der Waals surface area contributed by atoms with Crippen molar-refractivity contribution >= 4 is 23.3 Å². The lowest BCUT2D eigenvalue weighted by Gasteiger charge is -2.30. The maximum atomic E-state index is 13.0. The number of amides is 2. The molecule has 6 nitrogen and oxygen atoms in total. The van der Waals surface area contributed by atoms with E-state index < -0.39 is 0 Å². The molecule has 0 fully saturated rings. The van der Waals surface area contributed by atoms with Crippen molar-refractivity contribution in [2.24, 2.45) is 5.73 Å². The first kappa shape index (κ1) is 23.2. The molecule has 0 atom stereocenters. The van der Waals surface area contributed by atoms with Gasteiger partial charge in [0.15, 0.2) is 0 Å². The molecule has 0 unspecified atom stereocenters. The molecule has 0 aromatic heterocycles. The highest BCUT2D eigenvalue weighted by Crippen LogP contribution is 2.29. The SMILES string of the molecule is N=C(N)c1ccc(CCC(=O)N2CCCc3cc(C(=O)NCCc4ccccc4)ccc32)cc1. The van der Waals surface area contributed by atoms with Crippen LogP contribution in [0.4, 0.5) is 5.69 Å². The summed E-state index contributed by atoms with van der Waals surface area (Å²) in [5, 5.41) is 10.5. The van der Waals surface area contributed by atoms with Crippen LogP contribution in [0.1, 0.15) is 45.5 Å². The monoisotopic (exact) mass is 454 g/mol. The van der Waals surface area contributed by atoms with Crippen molar-refractivity contribution in [1.29, 1.82) is 5.41 Å². The van der Waals surface area contributed by atoms with Crippen LogP contribution in [0.5, 0.6) is 0 Å². The molecule has 0 saturated heterocycles. The van der Waals surface area contributed by atoms with Crippen LogP contribution in [0.25, 0.3) is 0 Å². The van der Waals surface area contributed by atoms with E-state index in [0.29, 0.717) is 37.1 Å². The van der Waals surface area contributed by atoms with E-state index in [-0.39, 0.29) is 17.6 Å². The molecule has 0 saturated carbocycles. The van der Waals surface area contributed by atoms with Crippen LogP contribution in [0.3, 0.4) is 0 Å². The number of anilines is 1. The molecule has 0 spiro atoms. The molecule has 3 aromatic rings. The van der Waals surface area contributed by atoms with Crippen molar-refractivity contribution in [3.8, 4) is 0 Å². The largest absolute Gasteiger partial charge is 0.384 e. The molecule has 4 N–H and O–H groups in total. The highest BCUT2D eigenvalue weighted by Gasteiger charge is 2.23. The smallest absolute Gasteiger partial charge is 0.251 e. The number of amidine groups is 1. The molecular formula is C28H30N4O2. The minimum absolute atomic E-state index is 0.0387. The average molecular weight is 455 g/mol. The fourth-order valence-corrected chi connectivity index (χ4v) is 4.30. The summed E-state index contributed by atoms with van der Waals surface area (Å²) in [5.41, 5.74) is 11.0. The Morgan fingerprint density at radius 3 is 2.35 bits per heavy atom. The van der Waals surface area contributed by atoms with Crippen LogP contribution in [-0.4, -0.2) is 30.7 Å². The standard InChI is InChI=1S/C28H30N4O2/c29-27(30)22-11-8-21(9-12-22)10-15-26(33)32-18-4-7-23-19-24(13-14-25(23)32)28(34)31-17-16-20-5-2-1-3-6-20/h1-3,5-6,8-9,11-14,19H,4,7,10,15-18H2,(H3,29,30)(H,31,34). The van der Waals surface area contributed by atoms with Crippen molar-refractivity contribution in [3.05, 3.63) is 101 Å². The summed E-state index contributed by atoms with van der Waals surface area (Å²) in [5.74, 6) is 0.0321. The third-order valence-electron chi connectivity index (χ3n) is 6.20. The first-order chi connectivity index (χ1) is 16.5. The zero-order chi connectivity index (χ0) is 23.9. The molecule has 2 amide bonds. The van der Waals surface area contributed by atoms with Crippen LogP contribution in [0.2, 0.25) is 0 Å². The van der Waals surface area contributed by atoms with Crippen molar-refractivity contribution in [3.63, 3.8) is 0 Å². The molecule has 4 rings (SSSR count). The van der Waals surface area contributed by atoms with Crippen molar-refractivity contribution in [2.45, 2.75) is 32.1 Å². The Kier molecular flexibility index (Phi) is 7.38. The van der Waals surface area contributed by atoms with Crippen LogP contribution >= 0.6 is 0 Å². The van der Waals surface area contributed by atoms with Gasteiger partial charge in [0.25, 0.3) is 5.91 Å².